The molecule has 0 unspecified atom stereocenters. The fourth-order valence-corrected chi connectivity index (χ4v) is 2.86. The number of ketones is 1. The van der Waals surface area contributed by atoms with Crippen molar-refractivity contribution in [2.24, 2.45) is 15.9 Å². The van der Waals surface area contributed by atoms with Gasteiger partial charge in [0.15, 0.2) is 5.78 Å². The lowest BCUT2D eigenvalue weighted by Crippen LogP contribution is -2.22. The van der Waals surface area contributed by atoms with Gasteiger partial charge in [-0.15, -0.1) is 0 Å². The fraction of sp³-hybridized carbons (Fsp3) is 0.609. The number of unbranched alkanes of at least 4 members (excludes halogenated alkanes) is 1. The molecule has 144 valence electrons. The Morgan fingerprint density at radius 1 is 1.12 bits per heavy atom. The van der Waals surface area contributed by atoms with E-state index in [1.807, 2.05) is 27.0 Å². The monoisotopic (exact) mass is 356 g/mol. The molecular formula is C23H36N2O. The zero-order valence-electron chi connectivity index (χ0n) is 17.4. The van der Waals surface area contributed by atoms with E-state index in [1.165, 1.54) is 25.0 Å². The molecule has 1 aliphatic rings. The second-order valence-corrected chi connectivity index (χ2v) is 6.96. The van der Waals surface area contributed by atoms with Crippen molar-refractivity contribution in [3.63, 3.8) is 0 Å². The summed E-state index contributed by atoms with van der Waals surface area (Å²) < 4.78 is 0. The summed E-state index contributed by atoms with van der Waals surface area (Å²) in [5.41, 5.74) is 4.56. The smallest absolute Gasteiger partial charge is 0.181 e. The molecule has 0 atom stereocenters. The van der Waals surface area contributed by atoms with Crippen LogP contribution in [0.3, 0.4) is 0 Å². The van der Waals surface area contributed by atoms with Gasteiger partial charge in [0.1, 0.15) is 5.70 Å². The zero-order chi connectivity index (χ0) is 19.5. The van der Waals surface area contributed by atoms with Crippen LogP contribution >= 0.6 is 0 Å². The molecule has 26 heavy (non-hydrogen) atoms. The van der Waals surface area contributed by atoms with Gasteiger partial charge in [0.2, 0.25) is 0 Å². The summed E-state index contributed by atoms with van der Waals surface area (Å²) >= 11 is 0. The molecule has 0 amide bonds. The molecule has 1 fully saturated rings. The Bertz CT molecular complexity index is 616. The Balaban J connectivity index is 3.35. The molecule has 1 saturated carbocycles. The molecule has 0 N–H and O–H groups in total. The minimum atomic E-state index is 0.109. The first kappa shape index (κ1) is 22.3. The molecule has 0 aromatic heterocycles. The molecule has 0 aromatic rings. The van der Waals surface area contributed by atoms with E-state index in [0.29, 0.717) is 18.0 Å². The number of rotatable bonds is 11. The molecule has 3 heteroatoms. The number of aliphatic imine (C=N–C) groups is 2. The predicted molar refractivity (Wildman–Crippen MR) is 114 cm³/mol. The van der Waals surface area contributed by atoms with E-state index in [1.54, 1.807) is 0 Å². The van der Waals surface area contributed by atoms with E-state index in [9.17, 15) is 4.79 Å². The third kappa shape index (κ3) is 6.51. The van der Waals surface area contributed by atoms with Crippen LogP contribution in [0.2, 0.25) is 0 Å². The van der Waals surface area contributed by atoms with E-state index in [2.05, 4.69) is 31.5 Å². The Labute approximate surface area is 160 Å². The quantitative estimate of drug-likeness (QED) is 0.233. The van der Waals surface area contributed by atoms with E-state index in [0.717, 1.165) is 42.5 Å². The summed E-state index contributed by atoms with van der Waals surface area (Å²) in [6.07, 6.45) is 11.9. The highest BCUT2D eigenvalue weighted by Crippen LogP contribution is 2.30. The van der Waals surface area contributed by atoms with Crippen LogP contribution in [0.1, 0.15) is 86.0 Å². The molecule has 0 aliphatic heterocycles. The van der Waals surface area contributed by atoms with Gasteiger partial charge in [-0.1, -0.05) is 53.2 Å². The van der Waals surface area contributed by atoms with Gasteiger partial charge in [-0.3, -0.25) is 14.8 Å². The Morgan fingerprint density at radius 3 is 2.27 bits per heavy atom. The van der Waals surface area contributed by atoms with Crippen LogP contribution < -0.4 is 0 Å². The van der Waals surface area contributed by atoms with Gasteiger partial charge < -0.3 is 0 Å². The minimum absolute atomic E-state index is 0.109. The highest BCUT2D eigenvalue weighted by Gasteiger charge is 2.23. The molecule has 0 spiro atoms. The molecule has 0 radical (unpaired) electrons. The van der Waals surface area contributed by atoms with Crippen molar-refractivity contribution in [1.29, 1.82) is 0 Å². The SMILES string of the molecule is C=C(CC)\N=C/C(=C\CCC)C(/C)=C(/N=C(\CC)C1CCC1)C(=O)CC. The highest BCUT2D eigenvalue weighted by molar-refractivity contribution is 6.02. The molecular weight excluding hydrogens is 320 g/mol. The second-order valence-electron chi connectivity index (χ2n) is 6.96. The van der Waals surface area contributed by atoms with E-state index in [4.69, 9.17) is 4.99 Å². The molecule has 3 nitrogen and oxygen atoms in total. The predicted octanol–water partition coefficient (Wildman–Crippen LogP) is 6.61. The van der Waals surface area contributed by atoms with Crippen LogP contribution in [-0.4, -0.2) is 17.7 Å². The molecule has 1 aliphatic carbocycles. The first-order chi connectivity index (χ1) is 12.5. The topological polar surface area (TPSA) is 41.8 Å². The summed E-state index contributed by atoms with van der Waals surface area (Å²) in [5.74, 6) is 0.668. The van der Waals surface area contributed by atoms with Crippen molar-refractivity contribution < 1.29 is 4.79 Å². The number of nitrogens with zero attached hydrogens (tertiary/aromatic N) is 2. The normalized spacial score (nSPS) is 17.3. The van der Waals surface area contributed by atoms with Crippen LogP contribution in [-0.2, 0) is 4.79 Å². The van der Waals surface area contributed by atoms with Gasteiger partial charge >= 0.3 is 0 Å². The third-order valence-electron chi connectivity index (χ3n) is 5.01. The van der Waals surface area contributed by atoms with E-state index < -0.39 is 0 Å². The largest absolute Gasteiger partial charge is 0.292 e. The van der Waals surface area contributed by atoms with Gasteiger partial charge in [-0.25, -0.2) is 0 Å². The number of hydrogen-bond donors (Lipinski definition) is 0. The van der Waals surface area contributed by atoms with Crippen LogP contribution in [0.25, 0.3) is 0 Å². The number of carbonyl (C=O) groups excluding carboxylic acids is 1. The summed E-state index contributed by atoms with van der Waals surface area (Å²) in [6.45, 7) is 14.2. The zero-order valence-corrected chi connectivity index (χ0v) is 17.4. The van der Waals surface area contributed by atoms with Gasteiger partial charge in [0.05, 0.1) is 0 Å². The lowest BCUT2D eigenvalue weighted by Gasteiger charge is -2.27. The van der Waals surface area contributed by atoms with Gasteiger partial charge in [0, 0.05) is 24.0 Å². The third-order valence-corrected chi connectivity index (χ3v) is 5.01. The van der Waals surface area contributed by atoms with Crippen LogP contribution in [0.4, 0.5) is 0 Å². The molecule has 0 bridgehead atoms. The van der Waals surface area contributed by atoms with Crippen LogP contribution in [0.15, 0.2) is 45.2 Å². The molecule has 1 rings (SSSR count). The molecule has 0 heterocycles. The first-order valence-electron chi connectivity index (χ1n) is 10.2. The second kappa shape index (κ2) is 11.8. The van der Waals surface area contributed by atoms with E-state index >= 15 is 0 Å². The van der Waals surface area contributed by atoms with Crippen LogP contribution in [0.5, 0.6) is 0 Å². The molecule has 0 saturated heterocycles. The summed E-state index contributed by atoms with van der Waals surface area (Å²) in [5, 5.41) is 0. The molecule has 0 aromatic carbocycles. The average Bonchev–Trinajstić information content (AvgIpc) is 2.61. The van der Waals surface area contributed by atoms with Gasteiger partial charge in [-0.05, 0) is 56.1 Å². The lowest BCUT2D eigenvalue weighted by atomic mass is 9.80. The number of carbonyl (C=O) groups is 1. The van der Waals surface area contributed by atoms with Crippen molar-refractivity contribution in [1.82, 2.24) is 0 Å². The van der Waals surface area contributed by atoms with Gasteiger partial charge in [0.25, 0.3) is 0 Å². The maximum Gasteiger partial charge on any atom is 0.181 e. The summed E-state index contributed by atoms with van der Waals surface area (Å²) in [4.78, 5) is 22.0. The van der Waals surface area contributed by atoms with Crippen molar-refractivity contribution >= 4 is 17.7 Å². The van der Waals surface area contributed by atoms with Crippen molar-refractivity contribution in [3.8, 4) is 0 Å². The highest BCUT2D eigenvalue weighted by atomic mass is 16.1. The lowest BCUT2D eigenvalue weighted by molar-refractivity contribution is -0.115. The summed E-state index contributed by atoms with van der Waals surface area (Å²) in [7, 11) is 0. The fourth-order valence-electron chi connectivity index (χ4n) is 2.86. The summed E-state index contributed by atoms with van der Waals surface area (Å²) in [6, 6.07) is 0. The van der Waals surface area contributed by atoms with Crippen molar-refractivity contribution in [3.05, 3.63) is 35.2 Å². The number of hydrogen-bond acceptors (Lipinski definition) is 3. The van der Waals surface area contributed by atoms with Gasteiger partial charge in [-0.2, -0.15) is 0 Å². The Morgan fingerprint density at radius 2 is 1.81 bits per heavy atom. The number of Topliss-reactive ketones (excluding diaryl/α,β-unsaturated/α-hetero) is 1. The maximum absolute atomic E-state index is 12.7. The Kier molecular flexibility index (Phi) is 10.1. The average molecular weight is 357 g/mol. The number of allylic oxidation sites excluding steroid dienone is 5. The van der Waals surface area contributed by atoms with Crippen molar-refractivity contribution in [2.45, 2.75) is 86.0 Å². The van der Waals surface area contributed by atoms with E-state index in [-0.39, 0.29) is 5.78 Å². The van der Waals surface area contributed by atoms with Crippen molar-refractivity contribution in [2.75, 3.05) is 0 Å². The Hall–Kier alpha value is -1.77. The maximum atomic E-state index is 12.7. The minimum Gasteiger partial charge on any atom is -0.292 e. The van der Waals surface area contributed by atoms with Crippen LogP contribution in [0, 0.1) is 5.92 Å². The standard InChI is InChI=1S/C23H36N2O/c1-7-11-13-20(16-24-17(5)8-2)18(6)23(22(26)10-4)25-21(9-3)19-14-12-15-19/h13,16,19H,5,7-12,14-15H2,1-4,6H3/b20-13+,23-18+,24-16-,25-21+. The first-order valence-corrected chi connectivity index (χ1v) is 10.2.